The van der Waals surface area contributed by atoms with Gasteiger partial charge in [0, 0.05) is 40.3 Å². The van der Waals surface area contributed by atoms with E-state index in [2.05, 4.69) is 0 Å². The van der Waals surface area contributed by atoms with Crippen LogP contribution in [-0.2, 0) is 28.5 Å². The molecule has 2 N–H and O–H groups in total. The number of fused-ring (bicyclic) bond motifs is 4. The average molecular weight is 761 g/mol. The molecule has 6 aromatic rings. The van der Waals surface area contributed by atoms with Gasteiger partial charge in [0.2, 0.25) is 0 Å². The van der Waals surface area contributed by atoms with Crippen LogP contribution in [-0.4, -0.2) is 86.7 Å². The number of aliphatic hydroxyl groups is 2. The highest BCUT2D eigenvalue weighted by Crippen LogP contribution is 2.28. The number of ether oxygens (including phenoxy) is 6. The van der Waals surface area contributed by atoms with Crippen LogP contribution in [0.15, 0.2) is 94.5 Å². The van der Waals surface area contributed by atoms with Gasteiger partial charge >= 0.3 is 11.9 Å². The molecule has 53 heavy (non-hydrogen) atoms. The first-order chi connectivity index (χ1) is 25.6. The predicted octanol–water partition coefficient (Wildman–Crippen LogP) is 4.83. The van der Waals surface area contributed by atoms with Gasteiger partial charge in [-0.3, -0.25) is 9.59 Å². The second-order valence-electron chi connectivity index (χ2n) is 12.1. The number of carbonyl (C=O) groups is 2. The Morgan fingerprint density at radius 2 is 1.04 bits per heavy atom. The lowest BCUT2D eigenvalue weighted by atomic mass is 10.2. The largest absolute Gasteiger partial charge is 0.482 e. The second-order valence-corrected chi connectivity index (χ2v) is 14.3. The Kier molecular flexibility index (Phi) is 12.6. The summed E-state index contributed by atoms with van der Waals surface area (Å²) in [6, 6.07) is 24.8. The summed E-state index contributed by atoms with van der Waals surface area (Å²) >= 11 is 2.99. The fourth-order valence-corrected chi connectivity index (χ4v) is 7.38. The van der Waals surface area contributed by atoms with Gasteiger partial charge in [0.05, 0.1) is 25.9 Å². The summed E-state index contributed by atoms with van der Waals surface area (Å²) in [6.45, 7) is 0.0202. The van der Waals surface area contributed by atoms with Crippen LogP contribution in [0.2, 0.25) is 0 Å². The van der Waals surface area contributed by atoms with Crippen molar-refractivity contribution in [3.8, 4) is 11.5 Å². The highest BCUT2D eigenvalue weighted by Gasteiger charge is 2.15. The van der Waals surface area contributed by atoms with Gasteiger partial charge < -0.3 is 38.6 Å². The summed E-state index contributed by atoms with van der Waals surface area (Å²) in [5, 5.41) is 22.6. The van der Waals surface area contributed by atoms with Crippen LogP contribution < -0.4 is 20.3 Å². The van der Waals surface area contributed by atoms with Crippen LogP contribution in [0.3, 0.4) is 0 Å². The Bertz CT molecular complexity index is 2350. The van der Waals surface area contributed by atoms with Crippen molar-refractivity contribution in [2.75, 3.05) is 46.2 Å². The molecule has 0 fully saturated rings. The topological polar surface area (TPSA) is 164 Å². The van der Waals surface area contributed by atoms with Crippen molar-refractivity contribution in [2.45, 2.75) is 25.2 Å². The van der Waals surface area contributed by atoms with E-state index >= 15 is 0 Å². The van der Waals surface area contributed by atoms with Crippen LogP contribution in [0.4, 0.5) is 0 Å². The SMILES string of the molecule is CC(COCC(O)COC(=O)COc1ccc2sc3ccccc3c(=O)c2c1)OCC(O)COC(=O)COc1ccc2sc3ccccc3c(=O)c2c1. The van der Waals surface area contributed by atoms with Gasteiger partial charge in [0.25, 0.3) is 0 Å². The van der Waals surface area contributed by atoms with Crippen molar-refractivity contribution in [1.29, 1.82) is 0 Å². The molecule has 14 heteroatoms. The summed E-state index contributed by atoms with van der Waals surface area (Å²) in [6.07, 6.45) is -2.68. The smallest absolute Gasteiger partial charge is 0.344 e. The molecule has 3 atom stereocenters. The zero-order valence-corrected chi connectivity index (χ0v) is 30.2. The van der Waals surface area contributed by atoms with E-state index in [0.29, 0.717) is 33.0 Å². The van der Waals surface area contributed by atoms with Gasteiger partial charge in [-0.2, -0.15) is 0 Å². The van der Waals surface area contributed by atoms with Gasteiger partial charge in [-0.1, -0.05) is 24.3 Å². The molecule has 0 saturated heterocycles. The van der Waals surface area contributed by atoms with Gasteiger partial charge in [-0.25, -0.2) is 9.59 Å². The lowest BCUT2D eigenvalue weighted by molar-refractivity contribution is -0.152. The molecular formula is C39H36O12S2. The minimum Gasteiger partial charge on any atom is -0.482 e. The quantitative estimate of drug-likeness (QED) is 0.0963. The molecule has 0 amide bonds. The molecular weight excluding hydrogens is 725 g/mol. The molecule has 0 aliphatic carbocycles. The first-order valence-corrected chi connectivity index (χ1v) is 18.3. The molecule has 0 bridgehead atoms. The standard InChI is InChI=1S/C39H36O12S2/c1-23(47-18-25(41)20-51-37(43)22-49-27-11-13-35-31(15-27)39(45)29-7-3-5-9-33(29)53-35)16-46-17-24(40)19-50-36(42)21-48-26-10-12-34-30(14-26)38(44)28-6-2-4-8-32(28)52-34/h2-15,23-25,40-41H,16-22H2,1H3. The Labute approximate surface area is 310 Å². The highest BCUT2D eigenvalue weighted by atomic mass is 32.1. The zero-order valence-electron chi connectivity index (χ0n) is 28.6. The van der Waals surface area contributed by atoms with E-state index < -0.39 is 43.5 Å². The summed E-state index contributed by atoms with van der Waals surface area (Å²) in [5.74, 6) is -0.718. The summed E-state index contributed by atoms with van der Waals surface area (Å²) in [5.41, 5.74) is -0.224. The third kappa shape index (κ3) is 9.93. The number of aliphatic hydroxyl groups excluding tert-OH is 2. The molecule has 0 aliphatic rings. The fraction of sp³-hybridized carbons (Fsp3) is 0.282. The molecule has 2 aromatic heterocycles. The van der Waals surface area contributed by atoms with Crippen molar-refractivity contribution in [3.05, 3.63) is 105 Å². The van der Waals surface area contributed by atoms with Crippen molar-refractivity contribution in [3.63, 3.8) is 0 Å². The molecule has 6 rings (SSSR count). The minimum absolute atomic E-state index is 0.0711. The van der Waals surface area contributed by atoms with Gasteiger partial charge in [0.1, 0.15) is 36.9 Å². The zero-order chi connectivity index (χ0) is 37.3. The highest BCUT2D eigenvalue weighted by molar-refractivity contribution is 7.24. The van der Waals surface area contributed by atoms with Gasteiger partial charge in [-0.05, 0) is 67.6 Å². The summed E-state index contributed by atoms with van der Waals surface area (Å²) in [7, 11) is 0. The number of hydrogen-bond acceptors (Lipinski definition) is 14. The lowest BCUT2D eigenvalue weighted by Gasteiger charge is -2.18. The predicted molar refractivity (Wildman–Crippen MR) is 202 cm³/mol. The van der Waals surface area contributed by atoms with E-state index in [4.69, 9.17) is 28.4 Å². The third-order valence-corrected chi connectivity index (χ3v) is 10.2. The summed E-state index contributed by atoms with van der Waals surface area (Å²) in [4.78, 5) is 50.2. The maximum absolute atomic E-state index is 12.9. The van der Waals surface area contributed by atoms with Crippen molar-refractivity contribution >= 4 is 75.0 Å². The third-order valence-electron chi connectivity index (χ3n) is 7.92. The monoisotopic (exact) mass is 760 g/mol. The van der Waals surface area contributed by atoms with E-state index in [0.717, 1.165) is 18.8 Å². The molecule has 2 heterocycles. The fourth-order valence-electron chi connectivity index (χ4n) is 5.28. The first kappa shape index (κ1) is 37.8. The first-order valence-electron chi connectivity index (χ1n) is 16.7. The Morgan fingerprint density at radius 1 is 0.585 bits per heavy atom. The molecule has 4 aromatic carbocycles. The second kappa shape index (κ2) is 17.7. The van der Waals surface area contributed by atoms with E-state index in [1.807, 2.05) is 36.4 Å². The molecule has 0 radical (unpaired) electrons. The minimum atomic E-state index is -1.11. The van der Waals surface area contributed by atoms with Gasteiger partial charge in [-0.15, -0.1) is 22.7 Å². The molecule has 12 nitrogen and oxygen atoms in total. The number of benzene rings is 4. The van der Waals surface area contributed by atoms with E-state index in [1.165, 1.54) is 22.7 Å². The Morgan fingerprint density at radius 3 is 1.55 bits per heavy atom. The Balaban J connectivity index is 0.828. The van der Waals surface area contributed by atoms with Crippen molar-refractivity contribution in [1.82, 2.24) is 0 Å². The van der Waals surface area contributed by atoms with E-state index in [9.17, 15) is 29.4 Å². The van der Waals surface area contributed by atoms with E-state index in [-0.39, 0.29) is 43.9 Å². The number of esters is 2. The average Bonchev–Trinajstić information content (AvgIpc) is 3.17. The maximum Gasteiger partial charge on any atom is 0.344 e. The number of carbonyl (C=O) groups excluding carboxylic acids is 2. The van der Waals surface area contributed by atoms with Crippen LogP contribution in [0.5, 0.6) is 11.5 Å². The molecule has 3 unspecified atom stereocenters. The van der Waals surface area contributed by atoms with Crippen LogP contribution in [0, 0.1) is 0 Å². The van der Waals surface area contributed by atoms with E-state index in [1.54, 1.807) is 55.5 Å². The van der Waals surface area contributed by atoms with Gasteiger partial charge in [0.15, 0.2) is 24.1 Å². The lowest BCUT2D eigenvalue weighted by Crippen LogP contribution is -2.30. The number of hydrogen-bond donors (Lipinski definition) is 2. The number of rotatable bonds is 17. The molecule has 0 spiro atoms. The van der Waals surface area contributed by atoms with Crippen LogP contribution in [0.25, 0.3) is 40.3 Å². The molecule has 276 valence electrons. The van der Waals surface area contributed by atoms with Crippen LogP contribution in [0.1, 0.15) is 6.92 Å². The summed E-state index contributed by atoms with van der Waals surface area (Å²) < 4.78 is 35.6. The van der Waals surface area contributed by atoms with Crippen LogP contribution >= 0.6 is 22.7 Å². The maximum atomic E-state index is 12.9. The van der Waals surface area contributed by atoms with Crippen molar-refractivity contribution < 1.29 is 48.2 Å². The molecule has 0 saturated carbocycles. The van der Waals surface area contributed by atoms with Crippen molar-refractivity contribution in [2.24, 2.45) is 0 Å². The Hall–Kier alpha value is -4.96. The molecule has 0 aliphatic heterocycles. The normalized spacial score (nSPS) is 13.2.